The number of hydrogen-bond acceptors (Lipinski definition) is 4. The van der Waals surface area contributed by atoms with E-state index in [9.17, 15) is 10.1 Å². The quantitative estimate of drug-likeness (QED) is 0.428. The van der Waals surface area contributed by atoms with Crippen LogP contribution >= 0.6 is 0 Å². The van der Waals surface area contributed by atoms with Gasteiger partial charge in [0.1, 0.15) is 5.69 Å². The summed E-state index contributed by atoms with van der Waals surface area (Å²) in [4.78, 5) is 9.92. The van der Waals surface area contributed by atoms with Crippen LogP contribution in [0, 0.1) is 10.1 Å². The molecule has 1 aromatic heterocycles. The topological polar surface area (TPSA) is 97.8 Å². The normalized spacial score (nSPS) is 10.5. The lowest BCUT2D eigenvalue weighted by Crippen LogP contribution is -1.96. The first-order valence-electron chi connectivity index (χ1n) is 5.14. The van der Waals surface area contributed by atoms with Gasteiger partial charge in [-0.1, -0.05) is 31.3 Å². The van der Waals surface area contributed by atoms with Gasteiger partial charge in [0.25, 0.3) is 0 Å². The van der Waals surface area contributed by atoms with Gasteiger partial charge < -0.3 is 15.8 Å². The van der Waals surface area contributed by atoms with Crippen LogP contribution in [0.5, 0.6) is 0 Å². The van der Waals surface area contributed by atoms with E-state index in [1.54, 1.807) is 0 Å². The number of unbranched alkanes of at least 4 members (excludes halogenated alkanes) is 3. The number of aromatic nitrogens is 2. The summed E-state index contributed by atoms with van der Waals surface area (Å²) < 4.78 is 0. The zero-order chi connectivity index (χ0) is 11.3. The zero-order valence-electron chi connectivity index (χ0n) is 8.82. The van der Waals surface area contributed by atoms with Crippen LogP contribution in [-0.4, -0.2) is 15.1 Å². The molecule has 0 unspecified atom stereocenters. The molecule has 0 aliphatic rings. The number of rotatable bonds is 6. The Morgan fingerprint density at radius 1 is 1.47 bits per heavy atom. The second kappa shape index (κ2) is 5.33. The minimum atomic E-state index is -0.544. The van der Waals surface area contributed by atoms with Crippen LogP contribution in [-0.2, 0) is 6.42 Å². The largest absolute Gasteiger partial charge is 0.390 e. The first-order chi connectivity index (χ1) is 7.16. The molecule has 6 nitrogen and oxygen atoms in total. The van der Waals surface area contributed by atoms with E-state index in [1.807, 2.05) is 0 Å². The third-order valence-electron chi connectivity index (χ3n) is 2.31. The second-order valence-corrected chi connectivity index (χ2v) is 3.50. The van der Waals surface area contributed by atoms with E-state index in [2.05, 4.69) is 17.1 Å². The Morgan fingerprint density at radius 3 is 2.73 bits per heavy atom. The predicted octanol–water partition coefficient (Wildman–Crippen LogP) is 2.02. The molecule has 0 atom stereocenters. The third-order valence-corrected chi connectivity index (χ3v) is 2.31. The zero-order valence-corrected chi connectivity index (χ0v) is 8.82. The Balaban J connectivity index is 2.51. The molecule has 1 aromatic rings. The molecule has 0 radical (unpaired) electrons. The van der Waals surface area contributed by atoms with Gasteiger partial charge in [-0.2, -0.15) is 0 Å². The highest BCUT2D eigenvalue weighted by Gasteiger charge is 2.17. The molecule has 1 heterocycles. The summed E-state index contributed by atoms with van der Waals surface area (Å²) in [6, 6.07) is 0. The van der Waals surface area contributed by atoms with Crippen LogP contribution in [0.15, 0.2) is 0 Å². The number of aromatic amines is 1. The van der Waals surface area contributed by atoms with Crippen molar-refractivity contribution in [3.8, 4) is 0 Å². The molecule has 15 heavy (non-hydrogen) atoms. The van der Waals surface area contributed by atoms with E-state index in [0.717, 1.165) is 19.3 Å². The number of nitro groups is 1. The number of anilines is 1. The van der Waals surface area contributed by atoms with Crippen molar-refractivity contribution in [3.05, 3.63) is 15.8 Å². The Kier molecular flexibility index (Phi) is 4.08. The first-order valence-corrected chi connectivity index (χ1v) is 5.14. The fourth-order valence-electron chi connectivity index (χ4n) is 1.43. The molecular weight excluding hydrogens is 196 g/mol. The van der Waals surface area contributed by atoms with Crippen molar-refractivity contribution in [2.45, 2.75) is 39.0 Å². The average molecular weight is 212 g/mol. The number of aryl methyl sites for hydroxylation is 1. The fourth-order valence-corrected chi connectivity index (χ4v) is 1.43. The van der Waals surface area contributed by atoms with Crippen LogP contribution in [0.3, 0.4) is 0 Å². The number of hydrogen-bond donors (Lipinski definition) is 2. The van der Waals surface area contributed by atoms with Crippen molar-refractivity contribution in [1.82, 2.24) is 10.2 Å². The summed E-state index contributed by atoms with van der Waals surface area (Å²) >= 11 is 0. The monoisotopic (exact) mass is 212 g/mol. The maximum Gasteiger partial charge on any atom is 0.366 e. The van der Waals surface area contributed by atoms with Crippen LogP contribution < -0.4 is 5.73 Å². The molecule has 1 rings (SSSR count). The van der Waals surface area contributed by atoms with Gasteiger partial charge in [0.05, 0.1) is 0 Å². The Morgan fingerprint density at radius 2 is 2.20 bits per heavy atom. The molecule has 0 saturated carbocycles. The lowest BCUT2D eigenvalue weighted by atomic mass is 10.1. The Labute approximate surface area is 88.0 Å². The summed E-state index contributed by atoms with van der Waals surface area (Å²) in [5, 5.41) is 16.6. The fraction of sp³-hybridized carbons (Fsp3) is 0.667. The molecular formula is C9H16N4O2. The summed E-state index contributed by atoms with van der Waals surface area (Å²) in [6.45, 7) is 2.13. The number of H-pyrrole nitrogens is 1. The minimum Gasteiger partial charge on any atom is -0.390 e. The standard InChI is InChI=1S/C9H16N4O2/c1-2-3-4-5-6-7-8(10)9(12-11-7)13(14)15/h2-6,10H2,1H3,(H,11,12). The molecule has 0 amide bonds. The number of nitrogens with two attached hydrogens (primary N) is 1. The van der Waals surface area contributed by atoms with Crippen molar-refractivity contribution in [1.29, 1.82) is 0 Å². The lowest BCUT2D eigenvalue weighted by molar-refractivity contribution is -0.388. The van der Waals surface area contributed by atoms with Gasteiger partial charge in [-0.15, -0.1) is 5.10 Å². The van der Waals surface area contributed by atoms with Crippen molar-refractivity contribution in [2.24, 2.45) is 0 Å². The van der Waals surface area contributed by atoms with Gasteiger partial charge in [0, 0.05) is 0 Å². The van der Waals surface area contributed by atoms with Crippen LogP contribution in [0.4, 0.5) is 11.5 Å². The van der Waals surface area contributed by atoms with Gasteiger partial charge in [-0.05, 0) is 17.8 Å². The molecule has 0 aromatic carbocycles. The number of nitrogen functional groups attached to an aromatic ring is 1. The summed E-state index contributed by atoms with van der Waals surface area (Å²) in [5.41, 5.74) is 6.37. The van der Waals surface area contributed by atoms with E-state index in [1.165, 1.54) is 6.42 Å². The van der Waals surface area contributed by atoms with Crippen LogP contribution in [0.2, 0.25) is 0 Å². The SMILES string of the molecule is CCCCCCc1n[nH]c([N+](=O)[O-])c1N. The molecule has 0 aliphatic carbocycles. The summed E-state index contributed by atoms with van der Waals surface area (Å²) in [5.74, 6) is -0.194. The van der Waals surface area contributed by atoms with Gasteiger partial charge in [0.2, 0.25) is 0 Å². The van der Waals surface area contributed by atoms with Crippen LogP contribution in [0.1, 0.15) is 38.3 Å². The van der Waals surface area contributed by atoms with Gasteiger partial charge in [-0.25, -0.2) is 0 Å². The molecule has 3 N–H and O–H groups in total. The molecule has 84 valence electrons. The van der Waals surface area contributed by atoms with E-state index in [4.69, 9.17) is 5.73 Å². The minimum absolute atomic E-state index is 0.177. The average Bonchev–Trinajstić information content (AvgIpc) is 2.55. The third kappa shape index (κ3) is 2.93. The van der Waals surface area contributed by atoms with Crippen molar-refractivity contribution >= 4 is 11.5 Å². The van der Waals surface area contributed by atoms with Crippen molar-refractivity contribution in [3.63, 3.8) is 0 Å². The number of nitrogens with one attached hydrogen (secondary N) is 1. The van der Waals surface area contributed by atoms with E-state index in [-0.39, 0.29) is 11.5 Å². The van der Waals surface area contributed by atoms with Gasteiger partial charge >= 0.3 is 5.82 Å². The highest BCUT2D eigenvalue weighted by molar-refractivity contribution is 5.56. The second-order valence-electron chi connectivity index (χ2n) is 3.50. The molecule has 0 spiro atoms. The summed E-state index contributed by atoms with van der Waals surface area (Å²) in [7, 11) is 0. The van der Waals surface area contributed by atoms with E-state index >= 15 is 0 Å². The molecule has 6 heteroatoms. The molecule has 0 aliphatic heterocycles. The van der Waals surface area contributed by atoms with E-state index in [0.29, 0.717) is 12.1 Å². The van der Waals surface area contributed by atoms with Crippen molar-refractivity contribution in [2.75, 3.05) is 5.73 Å². The van der Waals surface area contributed by atoms with Gasteiger partial charge in [0.15, 0.2) is 5.69 Å². The maximum atomic E-state index is 10.5. The first kappa shape index (κ1) is 11.5. The highest BCUT2D eigenvalue weighted by Crippen LogP contribution is 2.22. The summed E-state index contributed by atoms with van der Waals surface area (Å²) in [6.07, 6.45) is 5.12. The smallest absolute Gasteiger partial charge is 0.366 e. The van der Waals surface area contributed by atoms with Gasteiger partial charge in [-0.3, -0.25) is 0 Å². The molecule has 0 bridgehead atoms. The number of nitrogens with zero attached hydrogens (tertiary/aromatic N) is 2. The Bertz CT molecular complexity index is 335. The maximum absolute atomic E-state index is 10.5. The highest BCUT2D eigenvalue weighted by atomic mass is 16.6. The lowest BCUT2D eigenvalue weighted by Gasteiger charge is -1.97. The molecule has 0 fully saturated rings. The van der Waals surface area contributed by atoms with Crippen LogP contribution in [0.25, 0.3) is 0 Å². The molecule has 0 saturated heterocycles. The van der Waals surface area contributed by atoms with Crippen molar-refractivity contribution < 1.29 is 4.92 Å². The van der Waals surface area contributed by atoms with E-state index < -0.39 is 4.92 Å². The predicted molar refractivity (Wildman–Crippen MR) is 57.5 cm³/mol. The Hall–Kier alpha value is -1.59.